The molecule has 0 aliphatic carbocycles. The zero-order valence-corrected chi connectivity index (χ0v) is 22.2. The zero-order chi connectivity index (χ0) is 26.6. The molecule has 8 heteroatoms. The minimum absolute atomic E-state index is 0.108. The van der Waals surface area contributed by atoms with Gasteiger partial charge in [-0.1, -0.05) is 0 Å². The molecule has 1 aliphatic heterocycles. The number of amides is 1. The van der Waals surface area contributed by atoms with Gasteiger partial charge in [-0.3, -0.25) is 14.6 Å². The lowest BCUT2D eigenvalue weighted by atomic mass is 10.1. The van der Waals surface area contributed by atoms with Crippen molar-refractivity contribution in [2.75, 3.05) is 40.3 Å². The Hall–Kier alpha value is -3.91. The van der Waals surface area contributed by atoms with Crippen molar-refractivity contribution >= 4 is 27.8 Å². The van der Waals surface area contributed by atoms with Gasteiger partial charge in [0.1, 0.15) is 23.7 Å². The average Bonchev–Trinajstić information content (AvgIpc) is 3.44. The number of nitrogens with zero attached hydrogens (tertiary/aromatic N) is 3. The van der Waals surface area contributed by atoms with Crippen molar-refractivity contribution in [1.82, 2.24) is 14.8 Å². The number of rotatable bonds is 9. The van der Waals surface area contributed by atoms with Gasteiger partial charge in [-0.05, 0) is 82.2 Å². The second-order valence-electron chi connectivity index (χ2n) is 10.1. The largest absolute Gasteiger partial charge is 0.488 e. The van der Waals surface area contributed by atoms with Gasteiger partial charge in [0.05, 0.1) is 17.0 Å². The molecule has 3 heterocycles. The van der Waals surface area contributed by atoms with E-state index in [4.69, 9.17) is 13.9 Å². The van der Waals surface area contributed by atoms with E-state index in [1.54, 1.807) is 24.4 Å². The summed E-state index contributed by atoms with van der Waals surface area (Å²) in [6, 6.07) is 12.6. The normalized spacial score (nSPS) is 13.5. The van der Waals surface area contributed by atoms with Crippen LogP contribution < -0.4 is 14.9 Å². The molecule has 2 aromatic heterocycles. The van der Waals surface area contributed by atoms with E-state index in [0.717, 1.165) is 43.7 Å². The van der Waals surface area contributed by atoms with Crippen LogP contribution in [0.15, 0.2) is 57.9 Å². The van der Waals surface area contributed by atoms with Crippen molar-refractivity contribution < 1.29 is 18.7 Å². The lowest BCUT2D eigenvalue weighted by molar-refractivity contribution is -0.130. The Balaban J connectivity index is 1.33. The van der Waals surface area contributed by atoms with E-state index in [1.807, 2.05) is 55.1 Å². The minimum Gasteiger partial charge on any atom is -0.488 e. The zero-order valence-electron chi connectivity index (χ0n) is 22.2. The Bertz CT molecular complexity index is 1500. The molecule has 0 N–H and O–H groups in total. The van der Waals surface area contributed by atoms with Gasteiger partial charge >= 0.3 is 0 Å². The number of likely N-dealkylation sites (N-methyl/N-ethyl adjacent to an activating group) is 1. The number of pyridine rings is 1. The van der Waals surface area contributed by atoms with Crippen LogP contribution in [-0.4, -0.2) is 61.0 Å². The monoisotopic (exact) mass is 515 g/mol. The number of likely N-dealkylation sites (tertiary alicyclic amines) is 1. The van der Waals surface area contributed by atoms with Crippen LogP contribution in [0, 0.1) is 6.92 Å². The number of hydrogen-bond acceptors (Lipinski definition) is 7. The fourth-order valence-electron chi connectivity index (χ4n) is 4.67. The first-order chi connectivity index (χ1) is 18.4. The van der Waals surface area contributed by atoms with Crippen molar-refractivity contribution in [3.8, 4) is 17.2 Å². The standard InChI is InChI=1S/C30H33N3O5/c1-20-16-25-29(35)24-10-9-22(18-26(24)38-30(25)27(17-20)36-15-14-32(2)3)37-23-8-6-21(31-19-23)7-11-28(34)33-12-4-5-13-33/h6,8-10,16-19H,4-5,7,11-15H2,1-3H3. The van der Waals surface area contributed by atoms with Gasteiger partial charge in [-0.15, -0.1) is 0 Å². The molecule has 38 heavy (non-hydrogen) atoms. The van der Waals surface area contributed by atoms with Gasteiger partial charge in [-0.2, -0.15) is 0 Å². The summed E-state index contributed by atoms with van der Waals surface area (Å²) in [5.41, 5.74) is 2.52. The van der Waals surface area contributed by atoms with Crippen LogP contribution in [0.2, 0.25) is 0 Å². The van der Waals surface area contributed by atoms with E-state index in [-0.39, 0.29) is 11.3 Å². The molecule has 1 amide bonds. The number of aryl methyl sites for hydroxylation is 2. The lowest BCUT2D eigenvalue weighted by Crippen LogP contribution is -2.27. The quantitative estimate of drug-likeness (QED) is 0.292. The number of carbonyl (C=O) groups excluding carboxylic acids is 1. The molecule has 1 aliphatic rings. The number of hydrogen-bond donors (Lipinski definition) is 0. The van der Waals surface area contributed by atoms with Crippen LogP contribution in [0.1, 0.15) is 30.5 Å². The Morgan fingerprint density at radius 1 is 1.05 bits per heavy atom. The predicted molar refractivity (Wildman–Crippen MR) is 147 cm³/mol. The van der Waals surface area contributed by atoms with E-state index in [9.17, 15) is 9.59 Å². The molecular formula is C30H33N3O5. The number of carbonyl (C=O) groups is 1. The molecular weight excluding hydrogens is 482 g/mol. The van der Waals surface area contributed by atoms with Crippen molar-refractivity contribution in [2.24, 2.45) is 0 Å². The fourth-order valence-corrected chi connectivity index (χ4v) is 4.67. The van der Waals surface area contributed by atoms with Crippen LogP contribution in [0.3, 0.4) is 0 Å². The van der Waals surface area contributed by atoms with E-state index in [1.165, 1.54) is 0 Å². The summed E-state index contributed by atoms with van der Waals surface area (Å²) >= 11 is 0. The molecule has 5 rings (SSSR count). The Morgan fingerprint density at radius 2 is 1.84 bits per heavy atom. The molecule has 0 bridgehead atoms. The van der Waals surface area contributed by atoms with Gasteiger partial charge in [0.15, 0.2) is 11.3 Å². The van der Waals surface area contributed by atoms with Gasteiger partial charge < -0.3 is 23.7 Å². The van der Waals surface area contributed by atoms with Gasteiger partial charge in [-0.25, -0.2) is 0 Å². The number of benzene rings is 2. The Labute approximate surface area is 221 Å². The third-order valence-electron chi connectivity index (χ3n) is 6.74. The molecule has 0 unspecified atom stereocenters. The van der Waals surface area contributed by atoms with Crippen LogP contribution in [0.25, 0.3) is 21.9 Å². The molecule has 2 aromatic carbocycles. The predicted octanol–water partition coefficient (Wildman–Crippen LogP) is 4.94. The van der Waals surface area contributed by atoms with Crippen molar-refractivity contribution in [1.29, 1.82) is 0 Å². The van der Waals surface area contributed by atoms with E-state index in [0.29, 0.717) is 58.6 Å². The highest BCUT2D eigenvalue weighted by Gasteiger charge is 2.18. The molecule has 0 radical (unpaired) electrons. The first-order valence-corrected chi connectivity index (χ1v) is 13.1. The number of aromatic nitrogens is 1. The van der Waals surface area contributed by atoms with Gasteiger partial charge in [0.25, 0.3) is 0 Å². The molecule has 198 valence electrons. The fraction of sp³-hybridized carbons (Fsp3) is 0.367. The van der Waals surface area contributed by atoms with E-state index < -0.39 is 0 Å². The van der Waals surface area contributed by atoms with Crippen LogP contribution in [0.5, 0.6) is 17.2 Å². The first-order valence-electron chi connectivity index (χ1n) is 13.1. The molecule has 0 spiro atoms. The third kappa shape index (κ3) is 5.81. The highest BCUT2D eigenvalue weighted by Crippen LogP contribution is 2.31. The summed E-state index contributed by atoms with van der Waals surface area (Å²) in [6.45, 7) is 4.89. The maximum atomic E-state index is 13.3. The highest BCUT2D eigenvalue weighted by atomic mass is 16.5. The van der Waals surface area contributed by atoms with Crippen LogP contribution in [0.4, 0.5) is 0 Å². The van der Waals surface area contributed by atoms with E-state index >= 15 is 0 Å². The second-order valence-corrected chi connectivity index (χ2v) is 10.1. The summed E-state index contributed by atoms with van der Waals surface area (Å²) < 4.78 is 18.2. The molecule has 8 nitrogen and oxygen atoms in total. The Kier molecular flexibility index (Phi) is 7.60. The van der Waals surface area contributed by atoms with Crippen molar-refractivity contribution in [2.45, 2.75) is 32.6 Å². The smallest absolute Gasteiger partial charge is 0.222 e. The number of fused-ring (bicyclic) bond motifs is 2. The molecule has 4 aromatic rings. The van der Waals surface area contributed by atoms with Crippen LogP contribution in [-0.2, 0) is 11.2 Å². The third-order valence-corrected chi connectivity index (χ3v) is 6.74. The summed E-state index contributed by atoms with van der Waals surface area (Å²) in [7, 11) is 3.96. The van der Waals surface area contributed by atoms with E-state index in [2.05, 4.69) is 4.98 Å². The van der Waals surface area contributed by atoms with Crippen molar-refractivity contribution in [3.05, 3.63) is 70.1 Å². The molecule has 1 fully saturated rings. The maximum Gasteiger partial charge on any atom is 0.222 e. The number of ether oxygens (including phenoxy) is 2. The minimum atomic E-state index is -0.108. The summed E-state index contributed by atoms with van der Waals surface area (Å²) in [5.74, 6) is 1.83. The van der Waals surface area contributed by atoms with Crippen molar-refractivity contribution in [3.63, 3.8) is 0 Å². The summed E-state index contributed by atoms with van der Waals surface area (Å²) in [6.07, 6.45) is 4.90. The SMILES string of the molecule is Cc1cc(OCCN(C)C)c2oc3cc(Oc4ccc(CCC(=O)N5CCCC5)nc4)ccc3c(=O)c2c1. The van der Waals surface area contributed by atoms with Crippen LogP contribution >= 0.6 is 0 Å². The Morgan fingerprint density at radius 3 is 2.58 bits per heavy atom. The first kappa shape index (κ1) is 25.7. The summed E-state index contributed by atoms with van der Waals surface area (Å²) in [4.78, 5) is 34.0. The lowest BCUT2D eigenvalue weighted by Gasteiger charge is -2.14. The summed E-state index contributed by atoms with van der Waals surface area (Å²) in [5, 5.41) is 0.972. The maximum absolute atomic E-state index is 13.3. The molecule has 0 atom stereocenters. The topological polar surface area (TPSA) is 85.1 Å². The van der Waals surface area contributed by atoms with Gasteiger partial charge in [0, 0.05) is 37.8 Å². The highest BCUT2D eigenvalue weighted by molar-refractivity contribution is 5.93. The molecule has 1 saturated heterocycles. The average molecular weight is 516 g/mol. The van der Waals surface area contributed by atoms with Gasteiger partial charge in [0.2, 0.25) is 11.3 Å². The molecule has 0 saturated carbocycles. The second kappa shape index (κ2) is 11.2.